The summed E-state index contributed by atoms with van der Waals surface area (Å²) in [5, 5.41) is 13.4. The van der Waals surface area contributed by atoms with E-state index in [9.17, 15) is 0 Å². The fraction of sp³-hybridized carbons (Fsp3) is 0. The second kappa shape index (κ2) is 8.11. The molecule has 186 valence electrons. The zero-order valence-corrected chi connectivity index (χ0v) is 22.2. The van der Waals surface area contributed by atoms with E-state index in [1.165, 1.54) is 52.5 Å². The summed E-state index contributed by atoms with van der Waals surface area (Å²) in [7, 11) is 0. The van der Waals surface area contributed by atoms with E-state index in [0.717, 1.165) is 21.9 Å². The Hall–Kier alpha value is -4.79. The van der Waals surface area contributed by atoms with Gasteiger partial charge in [-0.1, -0.05) is 109 Å². The Morgan fingerprint density at radius 3 is 1.60 bits per heavy atom. The lowest BCUT2D eigenvalue weighted by atomic mass is 9.87. The number of halogens is 1. The van der Waals surface area contributed by atoms with Crippen LogP contribution >= 0.6 is 11.3 Å². The highest BCUT2D eigenvalue weighted by Crippen LogP contribution is 2.46. The molecule has 9 aromatic rings. The van der Waals surface area contributed by atoms with Crippen LogP contribution in [0.2, 0.25) is 0 Å². The lowest BCUT2D eigenvalue weighted by Gasteiger charge is -2.16. The summed E-state index contributed by atoms with van der Waals surface area (Å²) in [4.78, 5) is 0. The van der Waals surface area contributed by atoms with Crippen LogP contribution in [0.5, 0.6) is 0 Å². The first kappa shape index (κ1) is 22.1. The van der Waals surface area contributed by atoms with Gasteiger partial charge in [-0.2, -0.15) is 0 Å². The van der Waals surface area contributed by atoms with Crippen LogP contribution in [0.15, 0.2) is 127 Å². The summed E-state index contributed by atoms with van der Waals surface area (Å²) in [6, 6.07) is 44.6. The minimum Gasteiger partial charge on any atom is -0.206 e. The molecule has 0 spiro atoms. The van der Waals surface area contributed by atoms with Crippen LogP contribution in [0.4, 0.5) is 4.39 Å². The van der Waals surface area contributed by atoms with Crippen molar-refractivity contribution in [3.63, 3.8) is 0 Å². The van der Waals surface area contributed by atoms with Crippen LogP contribution in [-0.4, -0.2) is 0 Å². The van der Waals surface area contributed by atoms with Gasteiger partial charge in [0.2, 0.25) is 0 Å². The molecule has 0 amide bonds. The molecule has 1 aromatic heterocycles. The van der Waals surface area contributed by atoms with E-state index in [1.54, 1.807) is 0 Å². The SMILES string of the molecule is Fc1c2ccccc2c(-c2ccc3c(c2)c2ccccc2c2ccc4sc5ccccc5c4c23)c2ccccc12. The van der Waals surface area contributed by atoms with E-state index in [4.69, 9.17) is 0 Å². The average molecular weight is 529 g/mol. The first-order valence-corrected chi connectivity index (χ1v) is 14.4. The average Bonchev–Trinajstić information content (AvgIpc) is 3.40. The van der Waals surface area contributed by atoms with Gasteiger partial charge >= 0.3 is 0 Å². The summed E-state index contributed by atoms with van der Waals surface area (Å²) in [5.74, 6) is -0.154. The summed E-state index contributed by atoms with van der Waals surface area (Å²) in [6.07, 6.45) is 0. The molecule has 8 aromatic carbocycles. The van der Waals surface area contributed by atoms with Crippen LogP contribution in [0, 0.1) is 5.82 Å². The lowest BCUT2D eigenvalue weighted by Crippen LogP contribution is -1.91. The van der Waals surface area contributed by atoms with Crippen molar-refractivity contribution >= 4 is 85.4 Å². The Morgan fingerprint density at radius 2 is 0.900 bits per heavy atom. The summed E-state index contributed by atoms with van der Waals surface area (Å²) < 4.78 is 18.3. The standard InChI is InChI=1S/C38H21FS/c39-38-29-13-5-3-11-25(29)35(26-12-4-6-14-30(26)38)22-17-18-28-32(21-22)24-10-2-1-9-23(24)27-19-20-34-37(36(27)28)31-15-7-8-16-33(31)40-34/h1-21H. The molecule has 0 saturated heterocycles. The molecule has 9 rings (SSSR count). The van der Waals surface area contributed by atoms with Crippen molar-refractivity contribution in [3.05, 3.63) is 133 Å². The van der Waals surface area contributed by atoms with Gasteiger partial charge in [0.15, 0.2) is 0 Å². The van der Waals surface area contributed by atoms with Gasteiger partial charge in [-0.05, 0) is 72.4 Å². The van der Waals surface area contributed by atoms with Gasteiger partial charge in [-0.25, -0.2) is 4.39 Å². The molecule has 0 atom stereocenters. The van der Waals surface area contributed by atoms with Crippen molar-refractivity contribution in [1.82, 2.24) is 0 Å². The van der Waals surface area contributed by atoms with E-state index in [2.05, 4.69) is 78.9 Å². The van der Waals surface area contributed by atoms with Crippen LogP contribution < -0.4 is 0 Å². The maximum absolute atomic E-state index is 15.6. The molecule has 0 fully saturated rings. The first-order chi connectivity index (χ1) is 19.8. The topological polar surface area (TPSA) is 0 Å². The molecule has 1 heterocycles. The highest BCUT2D eigenvalue weighted by atomic mass is 32.1. The third-order valence-corrected chi connectivity index (χ3v) is 9.63. The van der Waals surface area contributed by atoms with Crippen LogP contribution in [-0.2, 0) is 0 Å². The third kappa shape index (κ3) is 2.89. The summed E-state index contributed by atoms with van der Waals surface area (Å²) in [6.45, 7) is 0. The molecule has 40 heavy (non-hydrogen) atoms. The molecule has 0 bridgehead atoms. The molecule has 0 aliphatic rings. The smallest absolute Gasteiger partial charge is 0.138 e. The van der Waals surface area contributed by atoms with Gasteiger partial charge in [-0.15, -0.1) is 11.3 Å². The number of hydrogen-bond donors (Lipinski definition) is 0. The summed E-state index contributed by atoms with van der Waals surface area (Å²) in [5.41, 5.74) is 2.18. The lowest BCUT2D eigenvalue weighted by molar-refractivity contribution is 0.651. The molecule has 2 heteroatoms. The molecule has 0 aliphatic carbocycles. The van der Waals surface area contributed by atoms with E-state index in [0.29, 0.717) is 10.8 Å². The Labute approximate surface area is 233 Å². The van der Waals surface area contributed by atoms with E-state index < -0.39 is 0 Å². The largest absolute Gasteiger partial charge is 0.206 e. The highest BCUT2D eigenvalue weighted by molar-refractivity contribution is 7.26. The van der Waals surface area contributed by atoms with Gasteiger partial charge in [-0.3, -0.25) is 0 Å². The number of fused-ring (bicyclic) bond motifs is 12. The van der Waals surface area contributed by atoms with Gasteiger partial charge in [0.1, 0.15) is 5.82 Å². The predicted octanol–water partition coefficient (Wildman–Crippen LogP) is 11.6. The normalized spacial score (nSPS) is 12.1. The van der Waals surface area contributed by atoms with Crippen LogP contribution in [0.1, 0.15) is 0 Å². The van der Waals surface area contributed by atoms with Crippen molar-refractivity contribution in [2.45, 2.75) is 0 Å². The molecule has 0 unspecified atom stereocenters. The zero-order chi connectivity index (χ0) is 26.4. The Kier molecular flexibility index (Phi) is 4.47. The maximum Gasteiger partial charge on any atom is 0.138 e. The maximum atomic E-state index is 15.6. The molecule has 0 N–H and O–H groups in total. The van der Waals surface area contributed by atoms with E-state index >= 15 is 4.39 Å². The van der Waals surface area contributed by atoms with Crippen LogP contribution in [0.3, 0.4) is 0 Å². The highest BCUT2D eigenvalue weighted by Gasteiger charge is 2.18. The fourth-order valence-corrected chi connectivity index (χ4v) is 7.91. The van der Waals surface area contributed by atoms with Gasteiger partial charge < -0.3 is 0 Å². The molecule has 0 radical (unpaired) electrons. The van der Waals surface area contributed by atoms with Crippen LogP contribution in [0.25, 0.3) is 85.2 Å². The predicted molar refractivity (Wildman–Crippen MR) is 172 cm³/mol. The number of hydrogen-bond acceptors (Lipinski definition) is 1. The zero-order valence-electron chi connectivity index (χ0n) is 21.4. The third-order valence-electron chi connectivity index (χ3n) is 8.49. The first-order valence-electron chi connectivity index (χ1n) is 13.6. The number of benzene rings is 8. The van der Waals surface area contributed by atoms with Gasteiger partial charge in [0.05, 0.1) is 0 Å². The van der Waals surface area contributed by atoms with E-state index in [1.807, 2.05) is 59.9 Å². The van der Waals surface area contributed by atoms with Crippen molar-refractivity contribution in [2.24, 2.45) is 0 Å². The van der Waals surface area contributed by atoms with Crippen molar-refractivity contribution in [2.75, 3.05) is 0 Å². The van der Waals surface area contributed by atoms with Crippen molar-refractivity contribution in [3.8, 4) is 11.1 Å². The van der Waals surface area contributed by atoms with Gasteiger partial charge in [0.25, 0.3) is 0 Å². The van der Waals surface area contributed by atoms with E-state index in [-0.39, 0.29) is 5.82 Å². The Bertz CT molecular complexity index is 2440. The Balaban J connectivity index is 1.49. The second-order valence-electron chi connectivity index (χ2n) is 10.5. The molecule has 0 saturated carbocycles. The Morgan fingerprint density at radius 1 is 0.375 bits per heavy atom. The molecular formula is C38H21FS. The minimum absolute atomic E-state index is 0.154. The summed E-state index contributed by atoms with van der Waals surface area (Å²) >= 11 is 1.86. The molecular weight excluding hydrogens is 507 g/mol. The second-order valence-corrected chi connectivity index (χ2v) is 11.6. The number of thiophene rings is 1. The monoisotopic (exact) mass is 528 g/mol. The van der Waals surface area contributed by atoms with Gasteiger partial charge in [0, 0.05) is 30.9 Å². The number of rotatable bonds is 1. The quantitative estimate of drug-likeness (QED) is 0.147. The van der Waals surface area contributed by atoms with Crippen molar-refractivity contribution < 1.29 is 4.39 Å². The molecule has 0 nitrogen and oxygen atoms in total. The fourth-order valence-electron chi connectivity index (χ4n) is 6.80. The minimum atomic E-state index is -0.154. The van der Waals surface area contributed by atoms with Crippen molar-refractivity contribution in [1.29, 1.82) is 0 Å². The molecule has 0 aliphatic heterocycles.